The molecule has 1 aromatic carbocycles. The molecule has 16 heavy (non-hydrogen) atoms. The van der Waals surface area contributed by atoms with Crippen LogP contribution in [0.5, 0.6) is 5.75 Å². The summed E-state index contributed by atoms with van der Waals surface area (Å²) in [5.74, 6) is 0.00472. The van der Waals surface area contributed by atoms with Crippen molar-refractivity contribution in [1.82, 2.24) is 0 Å². The number of carbonyl (C=O) groups is 1. The fourth-order valence-corrected chi connectivity index (χ4v) is 1.68. The number of para-hydroxylation sites is 2. The van der Waals surface area contributed by atoms with E-state index < -0.39 is 5.41 Å². The summed E-state index contributed by atoms with van der Waals surface area (Å²) in [6.07, 6.45) is 0.742. The van der Waals surface area contributed by atoms with Crippen LogP contribution in [0.1, 0.15) is 13.3 Å². The van der Waals surface area contributed by atoms with Crippen LogP contribution in [0.15, 0.2) is 24.3 Å². The summed E-state index contributed by atoms with van der Waals surface area (Å²) in [6, 6.07) is 6.71. The third kappa shape index (κ3) is 1.76. The number of anilines is 1. The Morgan fingerprint density at radius 2 is 2.19 bits per heavy atom. The molecule has 1 aliphatic heterocycles. The van der Waals surface area contributed by atoms with Gasteiger partial charge in [0, 0.05) is 0 Å². The molecule has 1 amide bonds. The topological polar surface area (TPSA) is 58.6 Å². The van der Waals surface area contributed by atoms with Gasteiger partial charge in [0.05, 0.1) is 24.3 Å². The number of nitrogens with one attached hydrogen (secondary N) is 1. The van der Waals surface area contributed by atoms with Gasteiger partial charge in [0.1, 0.15) is 5.75 Å². The normalized spacial score (nSPS) is 17.6. The van der Waals surface area contributed by atoms with Crippen molar-refractivity contribution in [2.45, 2.75) is 13.3 Å². The maximum atomic E-state index is 12.0. The van der Waals surface area contributed by atoms with Crippen molar-refractivity contribution in [3.05, 3.63) is 24.3 Å². The highest BCUT2D eigenvalue weighted by atomic mass is 16.5. The van der Waals surface area contributed by atoms with Crippen LogP contribution in [0.4, 0.5) is 5.69 Å². The molecular formula is C12H15NO3. The summed E-state index contributed by atoms with van der Waals surface area (Å²) >= 11 is 0. The maximum absolute atomic E-state index is 12.0. The van der Waals surface area contributed by atoms with Gasteiger partial charge in [-0.05, 0) is 18.6 Å². The number of hydrogen-bond acceptors (Lipinski definition) is 3. The molecular weight excluding hydrogens is 206 g/mol. The SMILES string of the molecule is CCC1(C(=O)Nc2ccccc2O)COC1. The van der Waals surface area contributed by atoms with E-state index in [1.807, 2.05) is 6.92 Å². The van der Waals surface area contributed by atoms with Gasteiger partial charge in [0.15, 0.2) is 0 Å². The number of ether oxygens (including phenoxy) is 1. The van der Waals surface area contributed by atoms with Crippen LogP contribution in [0.3, 0.4) is 0 Å². The van der Waals surface area contributed by atoms with Crippen LogP contribution in [0, 0.1) is 5.41 Å². The second kappa shape index (κ2) is 4.14. The van der Waals surface area contributed by atoms with Crippen LogP contribution in [0.25, 0.3) is 0 Å². The number of amides is 1. The number of phenolic OH excluding ortho intramolecular Hbond substituents is 1. The highest BCUT2D eigenvalue weighted by Gasteiger charge is 2.44. The lowest BCUT2D eigenvalue weighted by Gasteiger charge is -2.38. The first-order valence-corrected chi connectivity index (χ1v) is 5.35. The second-order valence-corrected chi connectivity index (χ2v) is 4.10. The molecule has 0 radical (unpaired) electrons. The zero-order valence-electron chi connectivity index (χ0n) is 9.19. The predicted octanol–water partition coefficient (Wildman–Crippen LogP) is 1.76. The lowest BCUT2D eigenvalue weighted by atomic mass is 9.82. The van der Waals surface area contributed by atoms with E-state index in [-0.39, 0.29) is 11.7 Å². The molecule has 0 bridgehead atoms. The predicted molar refractivity (Wildman–Crippen MR) is 60.3 cm³/mol. The van der Waals surface area contributed by atoms with E-state index in [4.69, 9.17) is 4.74 Å². The number of benzene rings is 1. The Bertz CT molecular complexity index is 393. The number of phenols is 1. The molecule has 1 heterocycles. The van der Waals surface area contributed by atoms with Crippen LogP contribution >= 0.6 is 0 Å². The van der Waals surface area contributed by atoms with Gasteiger partial charge in [-0.1, -0.05) is 19.1 Å². The van der Waals surface area contributed by atoms with Gasteiger partial charge in [-0.2, -0.15) is 0 Å². The van der Waals surface area contributed by atoms with Crippen LogP contribution in [-0.2, 0) is 9.53 Å². The first-order valence-electron chi connectivity index (χ1n) is 5.35. The smallest absolute Gasteiger partial charge is 0.235 e. The van der Waals surface area contributed by atoms with E-state index in [1.54, 1.807) is 24.3 Å². The molecule has 1 saturated heterocycles. The Morgan fingerprint density at radius 1 is 1.50 bits per heavy atom. The van der Waals surface area contributed by atoms with Gasteiger partial charge in [-0.15, -0.1) is 0 Å². The van der Waals surface area contributed by atoms with Gasteiger partial charge in [-0.25, -0.2) is 0 Å². The fourth-order valence-electron chi connectivity index (χ4n) is 1.68. The fraction of sp³-hybridized carbons (Fsp3) is 0.417. The van der Waals surface area contributed by atoms with E-state index in [1.165, 1.54) is 0 Å². The lowest BCUT2D eigenvalue weighted by Crippen LogP contribution is -2.51. The van der Waals surface area contributed by atoms with Gasteiger partial charge in [0.2, 0.25) is 5.91 Å². The molecule has 0 spiro atoms. The summed E-state index contributed by atoms with van der Waals surface area (Å²) in [4.78, 5) is 12.0. The largest absolute Gasteiger partial charge is 0.506 e. The molecule has 0 atom stereocenters. The summed E-state index contributed by atoms with van der Waals surface area (Å²) in [7, 11) is 0. The molecule has 1 aliphatic rings. The molecule has 0 aromatic heterocycles. The van der Waals surface area contributed by atoms with Crippen molar-refractivity contribution in [3.63, 3.8) is 0 Å². The number of rotatable bonds is 3. The van der Waals surface area contributed by atoms with Crippen LogP contribution in [-0.4, -0.2) is 24.2 Å². The van der Waals surface area contributed by atoms with Crippen molar-refractivity contribution >= 4 is 11.6 Å². The summed E-state index contributed by atoms with van der Waals surface area (Å²) in [5, 5.41) is 12.3. The first-order chi connectivity index (χ1) is 7.68. The monoisotopic (exact) mass is 221 g/mol. The number of carbonyl (C=O) groups excluding carboxylic acids is 1. The molecule has 1 aromatic rings. The van der Waals surface area contributed by atoms with Crippen molar-refractivity contribution < 1.29 is 14.6 Å². The van der Waals surface area contributed by atoms with Gasteiger partial charge < -0.3 is 15.2 Å². The van der Waals surface area contributed by atoms with Gasteiger partial charge in [-0.3, -0.25) is 4.79 Å². The summed E-state index contributed by atoms with van der Waals surface area (Å²) in [5.41, 5.74) is 0.0367. The molecule has 0 unspecified atom stereocenters. The second-order valence-electron chi connectivity index (χ2n) is 4.10. The van der Waals surface area contributed by atoms with E-state index in [0.29, 0.717) is 18.9 Å². The highest BCUT2D eigenvalue weighted by molar-refractivity contribution is 5.97. The molecule has 1 fully saturated rings. The Labute approximate surface area is 94.2 Å². The molecule has 2 rings (SSSR count). The van der Waals surface area contributed by atoms with Gasteiger partial charge in [0.25, 0.3) is 0 Å². The quantitative estimate of drug-likeness (QED) is 0.764. The Kier molecular flexibility index (Phi) is 2.83. The van der Waals surface area contributed by atoms with E-state index >= 15 is 0 Å². The first kappa shape index (κ1) is 11.0. The van der Waals surface area contributed by atoms with Crippen molar-refractivity contribution in [3.8, 4) is 5.75 Å². The maximum Gasteiger partial charge on any atom is 0.235 e. The highest BCUT2D eigenvalue weighted by Crippen LogP contribution is 2.33. The van der Waals surface area contributed by atoms with E-state index in [2.05, 4.69) is 5.32 Å². The van der Waals surface area contributed by atoms with E-state index in [0.717, 1.165) is 6.42 Å². The Morgan fingerprint density at radius 3 is 2.69 bits per heavy atom. The van der Waals surface area contributed by atoms with Gasteiger partial charge >= 0.3 is 0 Å². The molecule has 4 heteroatoms. The minimum Gasteiger partial charge on any atom is -0.506 e. The molecule has 0 aliphatic carbocycles. The lowest BCUT2D eigenvalue weighted by molar-refractivity contribution is -0.156. The average molecular weight is 221 g/mol. The standard InChI is InChI=1S/C12H15NO3/c1-2-12(7-16-8-12)11(15)13-9-5-3-4-6-10(9)14/h3-6,14H,2,7-8H2,1H3,(H,13,15). The third-order valence-electron chi connectivity index (χ3n) is 3.07. The molecule has 4 nitrogen and oxygen atoms in total. The molecule has 86 valence electrons. The average Bonchev–Trinajstić information content (AvgIpc) is 2.21. The zero-order chi connectivity index (χ0) is 11.6. The molecule has 2 N–H and O–H groups in total. The van der Waals surface area contributed by atoms with Crippen molar-refractivity contribution in [2.24, 2.45) is 5.41 Å². The summed E-state index contributed by atoms with van der Waals surface area (Å²) in [6.45, 7) is 2.89. The third-order valence-corrected chi connectivity index (χ3v) is 3.07. The molecule has 0 saturated carbocycles. The summed E-state index contributed by atoms with van der Waals surface area (Å²) < 4.78 is 5.09. The Hall–Kier alpha value is -1.55. The van der Waals surface area contributed by atoms with Crippen LogP contribution < -0.4 is 5.32 Å². The number of hydrogen-bond donors (Lipinski definition) is 2. The Balaban J connectivity index is 2.10. The zero-order valence-corrected chi connectivity index (χ0v) is 9.19. The number of aromatic hydroxyl groups is 1. The van der Waals surface area contributed by atoms with E-state index in [9.17, 15) is 9.90 Å². The minimum absolute atomic E-state index is 0.0808. The van der Waals surface area contributed by atoms with Crippen molar-refractivity contribution in [1.29, 1.82) is 0 Å². The van der Waals surface area contributed by atoms with Crippen LogP contribution in [0.2, 0.25) is 0 Å². The minimum atomic E-state index is -0.414. The van der Waals surface area contributed by atoms with Crippen molar-refractivity contribution in [2.75, 3.05) is 18.5 Å².